The number of nitrogens with zero attached hydrogens (tertiary/aromatic N) is 1. The molecule has 212 valence electrons. The van der Waals surface area contributed by atoms with E-state index < -0.39 is 24.2 Å². The van der Waals surface area contributed by atoms with E-state index in [0.29, 0.717) is 42.5 Å². The van der Waals surface area contributed by atoms with Crippen molar-refractivity contribution in [2.24, 2.45) is 23.2 Å². The zero-order valence-corrected chi connectivity index (χ0v) is 23.3. The van der Waals surface area contributed by atoms with Gasteiger partial charge in [-0.15, -0.1) is 0 Å². The largest absolute Gasteiger partial charge is 0.486 e. The van der Waals surface area contributed by atoms with Crippen molar-refractivity contribution in [2.75, 3.05) is 19.7 Å². The first-order valence-electron chi connectivity index (χ1n) is 14.5. The number of Topliss-reactive ketones (excluding diaryl/α,β-unsaturated/α-hetero) is 1. The number of rotatable bonds is 10. The topological polar surface area (TPSA) is 116 Å². The van der Waals surface area contributed by atoms with Crippen LogP contribution in [0.1, 0.15) is 70.8 Å². The Morgan fingerprint density at radius 3 is 2.62 bits per heavy atom. The molecular weight excluding hydrogens is 496 g/mol. The number of hydrogen-bond acceptors (Lipinski definition) is 6. The molecule has 3 N–H and O–H groups in total. The predicted molar refractivity (Wildman–Crippen MR) is 146 cm³/mol. The third-order valence-corrected chi connectivity index (χ3v) is 9.91. The molecule has 8 heteroatoms. The van der Waals surface area contributed by atoms with E-state index in [1.807, 2.05) is 24.3 Å². The van der Waals surface area contributed by atoms with E-state index in [0.717, 1.165) is 24.3 Å². The van der Waals surface area contributed by atoms with Crippen LogP contribution in [0.3, 0.4) is 0 Å². The van der Waals surface area contributed by atoms with Gasteiger partial charge in [0.2, 0.25) is 11.8 Å². The Balaban J connectivity index is 1.48. The zero-order chi connectivity index (χ0) is 27.9. The maximum Gasteiger partial charge on any atom is 0.247 e. The highest BCUT2D eigenvalue weighted by atomic mass is 16.5. The van der Waals surface area contributed by atoms with E-state index in [1.165, 1.54) is 13.3 Å². The van der Waals surface area contributed by atoms with Crippen LogP contribution in [-0.4, -0.2) is 70.7 Å². The Morgan fingerprint density at radius 2 is 1.92 bits per heavy atom. The van der Waals surface area contributed by atoms with Crippen LogP contribution in [0.25, 0.3) is 0 Å². The number of fused-ring (bicyclic) bond motifs is 5. The number of ether oxygens (including phenoxy) is 1. The van der Waals surface area contributed by atoms with E-state index in [-0.39, 0.29) is 42.6 Å². The lowest BCUT2D eigenvalue weighted by molar-refractivity contribution is -0.146. The van der Waals surface area contributed by atoms with Gasteiger partial charge in [0.25, 0.3) is 0 Å². The molecule has 3 fully saturated rings. The zero-order valence-electron chi connectivity index (χ0n) is 23.3. The maximum atomic E-state index is 13.8. The van der Waals surface area contributed by atoms with Crippen molar-refractivity contribution in [3.05, 3.63) is 41.5 Å². The van der Waals surface area contributed by atoms with Gasteiger partial charge in [0.15, 0.2) is 0 Å². The van der Waals surface area contributed by atoms with Gasteiger partial charge in [0.1, 0.15) is 23.7 Å². The number of aliphatic hydroxyl groups excluding tert-OH is 2. The highest BCUT2D eigenvalue weighted by molar-refractivity contribution is 5.96. The summed E-state index contributed by atoms with van der Waals surface area (Å²) in [5.74, 6) is 1.31. The van der Waals surface area contributed by atoms with Gasteiger partial charge in [-0.2, -0.15) is 0 Å². The van der Waals surface area contributed by atoms with Crippen LogP contribution in [0.5, 0.6) is 5.75 Å². The number of aliphatic hydroxyl groups is 2. The van der Waals surface area contributed by atoms with Crippen molar-refractivity contribution in [1.82, 2.24) is 10.2 Å². The number of ketones is 1. The third kappa shape index (κ3) is 5.13. The molecule has 2 bridgehead atoms. The van der Waals surface area contributed by atoms with Crippen LogP contribution < -0.4 is 10.1 Å². The average molecular weight is 539 g/mol. The summed E-state index contributed by atoms with van der Waals surface area (Å²) in [5, 5.41) is 23.8. The molecule has 1 aliphatic heterocycles. The van der Waals surface area contributed by atoms with Crippen LogP contribution in [0.2, 0.25) is 0 Å². The first-order chi connectivity index (χ1) is 18.6. The maximum absolute atomic E-state index is 13.8. The van der Waals surface area contributed by atoms with Crippen molar-refractivity contribution in [3.63, 3.8) is 0 Å². The van der Waals surface area contributed by atoms with E-state index in [4.69, 9.17) is 4.74 Å². The smallest absolute Gasteiger partial charge is 0.247 e. The van der Waals surface area contributed by atoms with Gasteiger partial charge >= 0.3 is 0 Å². The van der Waals surface area contributed by atoms with Crippen LogP contribution >= 0.6 is 0 Å². The lowest BCUT2D eigenvalue weighted by Crippen LogP contribution is -2.59. The van der Waals surface area contributed by atoms with Gasteiger partial charge in [-0.05, 0) is 67.9 Å². The fraction of sp³-hybridized carbons (Fsp3) is 0.645. The highest BCUT2D eigenvalue weighted by Crippen LogP contribution is 2.61. The van der Waals surface area contributed by atoms with Crippen LogP contribution in [0.15, 0.2) is 35.9 Å². The molecule has 39 heavy (non-hydrogen) atoms. The van der Waals surface area contributed by atoms with E-state index in [9.17, 15) is 24.6 Å². The molecule has 0 saturated heterocycles. The van der Waals surface area contributed by atoms with E-state index in [2.05, 4.69) is 19.2 Å². The quantitative estimate of drug-likeness (QED) is 0.422. The number of benzene rings is 1. The second kappa shape index (κ2) is 11.0. The van der Waals surface area contributed by atoms with E-state index in [1.54, 1.807) is 11.0 Å². The fourth-order valence-electron chi connectivity index (χ4n) is 7.65. The van der Waals surface area contributed by atoms with Gasteiger partial charge in [-0.25, -0.2) is 0 Å². The molecule has 0 spiro atoms. The summed E-state index contributed by atoms with van der Waals surface area (Å²) in [6.45, 7) is 6.60. The van der Waals surface area contributed by atoms with Crippen molar-refractivity contribution in [3.8, 4) is 5.75 Å². The summed E-state index contributed by atoms with van der Waals surface area (Å²) < 4.78 is 6.23. The molecule has 7 atom stereocenters. The monoisotopic (exact) mass is 538 g/mol. The minimum Gasteiger partial charge on any atom is -0.486 e. The van der Waals surface area contributed by atoms with Crippen LogP contribution in [0, 0.1) is 23.2 Å². The molecule has 8 nitrogen and oxygen atoms in total. The molecule has 6 rings (SSSR count). The Hall–Kier alpha value is -2.71. The summed E-state index contributed by atoms with van der Waals surface area (Å²) >= 11 is 0. The van der Waals surface area contributed by atoms with Crippen LogP contribution in [0.4, 0.5) is 0 Å². The van der Waals surface area contributed by atoms with Crippen molar-refractivity contribution in [1.29, 1.82) is 0 Å². The summed E-state index contributed by atoms with van der Waals surface area (Å²) in [4.78, 5) is 40.5. The molecule has 3 saturated carbocycles. The second-order valence-corrected chi connectivity index (χ2v) is 12.5. The Labute approximate surface area is 230 Å². The highest BCUT2D eigenvalue weighted by Gasteiger charge is 2.56. The summed E-state index contributed by atoms with van der Waals surface area (Å²) in [6.07, 6.45) is 4.37. The molecule has 0 radical (unpaired) electrons. The van der Waals surface area contributed by atoms with E-state index >= 15 is 0 Å². The molecular formula is C31H42N2O6. The van der Waals surface area contributed by atoms with Crippen molar-refractivity contribution in [2.45, 2.75) is 83.5 Å². The number of hydrogen-bond donors (Lipinski definition) is 3. The molecule has 0 unspecified atom stereocenters. The number of carbonyl (C=O) groups is 3. The second-order valence-electron chi connectivity index (χ2n) is 12.5. The molecule has 1 heterocycles. The third-order valence-electron chi connectivity index (χ3n) is 9.91. The summed E-state index contributed by atoms with van der Waals surface area (Å²) in [6, 6.07) is 6.74. The summed E-state index contributed by atoms with van der Waals surface area (Å²) in [5.41, 5.74) is 1.52. The minimum absolute atomic E-state index is 0.0456. The Kier molecular flexibility index (Phi) is 7.89. The number of carbonyl (C=O) groups excluding carboxylic acids is 3. The molecule has 2 amide bonds. The van der Waals surface area contributed by atoms with Crippen molar-refractivity contribution < 1.29 is 29.3 Å². The number of para-hydroxylation sites is 1. The molecule has 1 aromatic carbocycles. The predicted octanol–water partition coefficient (Wildman–Crippen LogP) is 2.97. The van der Waals surface area contributed by atoms with Crippen molar-refractivity contribution >= 4 is 17.6 Å². The van der Waals surface area contributed by atoms with Gasteiger partial charge in [0, 0.05) is 37.1 Å². The van der Waals surface area contributed by atoms with Gasteiger partial charge < -0.3 is 30.0 Å². The Bertz CT molecular complexity index is 1140. The molecule has 1 aromatic rings. The minimum atomic E-state index is -1.03. The Morgan fingerprint density at radius 1 is 1.15 bits per heavy atom. The number of amides is 2. The van der Waals surface area contributed by atoms with Gasteiger partial charge in [-0.1, -0.05) is 32.0 Å². The first kappa shape index (κ1) is 27.8. The standard InChI is InChI=1S/C31H42N2O6/c1-18(35)7-6-10-26(36)33(17-19-11-12-20-15-23(19)31(20,2)3)24-16-22(30(38)32-13-14-34)27-21-8-4-5-9-25(21)39-29(27)28(24)37/h4-5,8-9,16,19-20,23-24,27-29,34,37H,6-7,10-15,17H2,1-3H3,(H,32,38)/t19-,20-,23-,24+,27-,28-,29-/m0/s1. The first-order valence-corrected chi connectivity index (χ1v) is 14.5. The summed E-state index contributed by atoms with van der Waals surface area (Å²) in [7, 11) is 0. The lowest BCUT2D eigenvalue weighted by atomic mass is 9.45. The normalized spacial score (nSPS) is 31.6. The molecule has 0 aromatic heterocycles. The lowest BCUT2D eigenvalue weighted by Gasteiger charge is -2.61. The average Bonchev–Trinajstić information content (AvgIpc) is 3.31. The van der Waals surface area contributed by atoms with Gasteiger partial charge in [0.05, 0.1) is 18.6 Å². The fourth-order valence-corrected chi connectivity index (χ4v) is 7.65. The number of nitrogens with one attached hydrogen (secondary N) is 1. The SMILES string of the molecule is CC(=O)CCCC(=O)N(C[C@@H]1CC[C@H]2C[C@@H]1C2(C)C)[C@@H]1C=C(C(=O)NCCO)[C@@H]2c3ccccc3O[C@@H]2[C@H]1O. The van der Waals surface area contributed by atoms with Crippen LogP contribution in [-0.2, 0) is 14.4 Å². The van der Waals surface area contributed by atoms with Gasteiger partial charge in [-0.3, -0.25) is 9.59 Å². The molecule has 4 aliphatic carbocycles. The molecule has 5 aliphatic rings.